The molecular weight excluding hydrogens is 272 g/mol. The summed E-state index contributed by atoms with van der Waals surface area (Å²) in [4.78, 5) is 4.63. The lowest BCUT2D eigenvalue weighted by Gasteiger charge is -2.14. The van der Waals surface area contributed by atoms with Crippen molar-refractivity contribution in [1.82, 2.24) is 9.55 Å². The number of fused-ring (bicyclic) bond motifs is 1. The van der Waals surface area contributed by atoms with Gasteiger partial charge in [0.05, 0.1) is 19.7 Å². The number of rotatable bonds is 5. The van der Waals surface area contributed by atoms with Gasteiger partial charge >= 0.3 is 0 Å². The van der Waals surface area contributed by atoms with E-state index < -0.39 is 0 Å². The molecule has 0 aliphatic carbocycles. The van der Waals surface area contributed by atoms with Gasteiger partial charge < -0.3 is 14.0 Å². The molecule has 0 saturated heterocycles. The van der Waals surface area contributed by atoms with E-state index in [1.54, 1.807) is 14.2 Å². The summed E-state index contributed by atoms with van der Waals surface area (Å²) >= 11 is 5.61. The Bertz CT molecular complexity index is 680. The monoisotopic (exact) mass is 292 g/mol. The molecule has 0 fully saturated rings. The third-order valence-corrected chi connectivity index (χ3v) is 3.83. The minimum atomic E-state index is 0.674. The first kappa shape index (κ1) is 14.8. The first-order chi connectivity index (χ1) is 9.62. The van der Waals surface area contributed by atoms with Crippen molar-refractivity contribution < 1.29 is 9.47 Å². The number of hydrogen-bond acceptors (Lipinski definition) is 4. The number of unbranched alkanes of at least 4 members (excludes halogenated alkanes) is 1. The normalized spacial score (nSPS) is 10.8. The van der Waals surface area contributed by atoms with Crippen LogP contribution < -0.4 is 9.47 Å². The first-order valence-corrected chi connectivity index (χ1v) is 7.16. The molecule has 2 aromatic rings. The summed E-state index contributed by atoms with van der Waals surface area (Å²) in [6, 6.07) is 3.78. The predicted molar refractivity (Wildman–Crippen MR) is 83.3 cm³/mol. The maximum Gasteiger partial charge on any atom is 0.162 e. The smallest absolute Gasteiger partial charge is 0.162 e. The van der Waals surface area contributed by atoms with Crippen LogP contribution in [0.4, 0.5) is 0 Å². The molecule has 5 heteroatoms. The molecule has 0 spiro atoms. The number of ether oxygens (including phenoxy) is 2. The summed E-state index contributed by atoms with van der Waals surface area (Å²) in [5, 5.41) is 0.930. The van der Waals surface area contributed by atoms with E-state index in [1.165, 1.54) is 0 Å². The van der Waals surface area contributed by atoms with Crippen LogP contribution in [0.5, 0.6) is 11.5 Å². The Balaban J connectivity index is 2.68. The molecule has 0 radical (unpaired) electrons. The van der Waals surface area contributed by atoms with Crippen molar-refractivity contribution in [3.05, 3.63) is 22.6 Å². The minimum Gasteiger partial charge on any atom is -0.493 e. The van der Waals surface area contributed by atoms with Gasteiger partial charge in [-0.15, -0.1) is 0 Å². The number of nitrogens with zero attached hydrogens (tertiary/aromatic N) is 2. The van der Waals surface area contributed by atoms with Gasteiger partial charge in [-0.3, -0.25) is 0 Å². The SMILES string of the molecule is CCCCn1c(C)nc2cc(OC)c(OC)cc2c1=S. The van der Waals surface area contributed by atoms with E-state index in [4.69, 9.17) is 21.7 Å². The van der Waals surface area contributed by atoms with Gasteiger partial charge in [0.2, 0.25) is 0 Å². The summed E-state index contributed by atoms with van der Waals surface area (Å²) in [5.41, 5.74) is 0.845. The fraction of sp³-hybridized carbons (Fsp3) is 0.467. The van der Waals surface area contributed by atoms with Crippen molar-refractivity contribution >= 4 is 23.1 Å². The van der Waals surface area contributed by atoms with Crippen LogP contribution in [0.15, 0.2) is 12.1 Å². The minimum absolute atomic E-state index is 0.674. The second-order valence-corrected chi connectivity index (χ2v) is 5.08. The molecule has 1 aromatic carbocycles. The standard InChI is InChI=1S/C15H20N2O2S/c1-5-6-7-17-10(2)16-12-9-14(19-4)13(18-3)8-11(12)15(17)20/h8-9H,5-7H2,1-4H3. The predicted octanol–water partition coefficient (Wildman–Crippen LogP) is 3.89. The van der Waals surface area contributed by atoms with Crippen LogP contribution in [-0.4, -0.2) is 23.8 Å². The lowest BCUT2D eigenvalue weighted by molar-refractivity contribution is 0.355. The zero-order valence-electron chi connectivity index (χ0n) is 12.4. The maximum atomic E-state index is 5.61. The van der Waals surface area contributed by atoms with Gasteiger partial charge in [0.1, 0.15) is 10.5 Å². The maximum absolute atomic E-state index is 5.61. The van der Waals surface area contributed by atoms with Crippen LogP contribution in [0.3, 0.4) is 0 Å². The van der Waals surface area contributed by atoms with Crippen LogP contribution in [-0.2, 0) is 6.54 Å². The molecule has 0 atom stereocenters. The molecule has 0 aliphatic rings. The largest absolute Gasteiger partial charge is 0.493 e. The molecule has 0 unspecified atom stereocenters. The lowest BCUT2D eigenvalue weighted by atomic mass is 10.2. The fourth-order valence-electron chi connectivity index (χ4n) is 2.24. The molecule has 0 bridgehead atoms. The second kappa shape index (κ2) is 6.22. The van der Waals surface area contributed by atoms with Crippen molar-refractivity contribution in [2.45, 2.75) is 33.2 Å². The summed E-state index contributed by atoms with van der Waals surface area (Å²) in [7, 11) is 3.25. The van der Waals surface area contributed by atoms with Crippen LogP contribution in [0.2, 0.25) is 0 Å². The van der Waals surface area contributed by atoms with Crippen molar-refractivity contribution in [2.24, 2.45) is 0 Å². The van der Waals surface area contributed by atoms with Gasteiger partial charge in [-0.25, -0.2) is 4.98 Å². The van der Waals surface area contributed by atoms with Gasteiger partial charge in [-0.1, -0.05) is 25.6 Å². The van der Waals surface area contributed by atoms with Crippen molar-refractivity contribution in [1.29, 1.82) is 0 Å². The van der Waals surface area contributed by atoms with Gasteiger partial charge in [0, 0.05) is 18.0 Å². The van der Waals surface area contributed by atoms with E-state index in [2.05, 4.69) is 16.5 Å². The van der Waals surface area contributed by atoms with Gasteiger partial charge in [-0.2, -0.15) is 0 Å². The Morgan fingerprint density at radius 2 is 1.85 bits per heavy atom. The molecule has 1 heterocycles. The van der Waals surface area contributed by atoms with E-state index in [0.717, 1.165) is 40.8 Å². The van der Waals surface area contributed by atoms with Crippen LogP contribution >= 0.6 is 12.2 Å². The zero-order valence-corrected chi connectivity index (χ0v) is 13.2. The average molecular weight is 292 g/mol. The number of benzene rings is 1. The molecule has 2 rings (SSSR count). The Morgan fingerprint density at radius 1 is 1.20 bits per heavy atom. The van der Waals surface area contributed by atoms with Crippen molar-refractivity contribution in [2.75, 3.05) is 14.2 Å². The third kappa shape index (κ3) is 2.63. The number of hydrogen-bond donors (Lipinski definition) is 0. The molecule has 0 amide bonds. The molecule has 20 heavy (non-hydrogen) atoms. The highest BCUT2D eigenvalue weighted by atomic mass is 32.1. The molecule has 0 saturated carbocycles. The zero-order chi connectivity index (χ0) is 14.7. The highest BCUT2D eigenvalue weighted by Crippen LogP contribution is 2.32. The topological polar surface area (TPSA) is 36.3 Å². The van der Waals surface area contributed by atoms with Crippen LogP contribution in [0, 0.1) is 11.6 Å². The number of methoxy groups -OCH3 is 2. The molecule has 108 valence electrons. The highest BCUT2D eigenvalue weighted by Gasteiger charge is 2.11. The lowest BCUT2D eigenvalue weighted by Crippen LogP contribution is -2.08. The molecule has 0 aliphatic heterocycles. The van der Waals surface area contributed by atoms with E-state index in [0.29, 0.717) is 11.5 Å². The average Bonchev–Trinajstić information content (AvgIpc) is 2.46. The third-order valence-electron chi connectivity index (χ3n) is 3.39. The Morgan fingerprint density at radius 3 is 2.45 bits per heavy atom. The van der Waals surface area contributed by atoms with E-state index in [9.17, 15) is 0 Å². The summed E-state index contributed by atoms with van der Waals surface area (Å²) in [6.45, 7) is 5.06. The fourth-order valence-corrected chi connectivity index (χ4v) is 2.63. The Labute approximate surface area is 124 Å². The number of aryl methyl sites for hydroxylation is 1. The summed E-state index contributed by atoms with van der Waals surface area (Å²) in [6.07, 6.45) is 2.22. The van der Waals surface area contributed by atoms with Crippen molar-refractivity contribution in [3.8, 4) is 11.5 Å². The Kier molecular flexibility index (Phi) is 4.60. The van der Waals surface area contributed by atoms with E-state index >= 15 is 0 Å². The Hall–Kier alpha value is -1.62. The molecule has 4 nitrogen and oxygen atoms in total. The number of aromatic nitrogens is 2. The summed E-state index contributed by atoms with van der Waals surface area (Å²) < 4.78 is 13.6. The second-order valence-electron chi connectivity index (χ2n) is 4.69. The van der Waals surface area contributed by atoms with Gasteiger partial charge in [-0.05, 0) is 19.4 Å². The summed E-state index contributed by atoms with van der Waals surface area (Å²) in [5.74, 6) is 2.29. The van der Waals surface area contributed by atoms with Crippen LogP contribution in [0.1, 0.15) is 25.6 Å². The van der Waals surface area contributed by atoms with Crippen LogP contribution in [0.25, 0.3) is 10.9 Å². The van der Waals surface area contributed by atoms with Crippen molar-refractivity contribution in [3.63, 3.8) is 0 Å². The van der Waals surface area contributed by atoms with E-state index in [-0.39, 0.29) is 0 Å². The molecular formula is C15H20N2O2S. The molecule has 0 N–H and O–H groups in total. The quantitative estimate of drug-likeness (QED) is 0.783. The van der Waals surface area contributed by atoms with Gasteiger partial charge in [0.15, 0.2) is 11.5 Å². The highest BCUT2D eigenvalue weighted by molar-refractivity contribution is 7.71. The van der Waals surface area contributed by atoms with Gasteiger partial charge in [0.25, 0.3) is 0 Å². The molecule has 1 aromatic heterocycles. The first-order valence-electron chi connectivity index (χ1n) is 6.75. The van der Waals surface area contributed by atoms with E-state index in [1.807, 2.05) is 19.1 Å².